The molecular formula is C22H14ClFN2O2S. The van der Waals surface area contributed by atoms with Crippen molar-refractivity contribution in [1.29, 1.82) is 0 Å². The number of thioether (sulfide) groups is 1. The highest BCUT2D eigenvalue weighted by Gasteiger charge is 2.17. The molecule has 0 aliphatic carbocycles. The Balaban J connectivity index is 1.77. The lowest BCUT2D eigenvalue weighted by atomic mass is 10.1. The van der Waals surface area contributed by atoms with E-state index in [9.17, 15) is 14.0 Å². The Bertz CT molecular complexity index is 1270. The minimum Gasteiger partial charge on any atom is -0.293 e. The smallest absolute Gasteiger partial charge is 0.266 e. The first-order chi connectivity index (χ1) is 14.0. The van der Waals surface area contributed by atoms with Crippen LogP contribution in [0.3, 0.4) is 0 Å². The summed E-state index contributed by atoms with van der Waals surface area (Å²) in [6.45, 7) is 0. The van der Waals surface area contributed by atoms with Crippen LogP contribution in [0, 0.1) is 5.82 Å². The van der Waals surface area contributed by atoms with Gasteiger partial charge in [-0.1, -0.05) is 47.6 Å². The molecule has 0 radical (unpaired) electrons. The molecule has 4 rings (SSSR count). The monoisotopic (exact) mass is 424 g/mol. The Morgan fingerprint density at radius 1 is 1.00 bits per heavy atom. The largest absolute Gasteiger partial charge is 0.293 e. The predicted molar refractivity (Wildman–Crippen MR) is 114 cm³/mol. The lowest BCUT2D eigenvalue weighted by Gasteiger charge is -2.14. The summed E-state index contributed by atoms with van der Waals surface area (Å²) in [5.41, 5.74) is 1.17. The Morgan fingerprint density at radius 3 is 2.45 bits per heavy atom. The number of halogens is 2. The Hall–Kier alpha value is -2.96. The van der Waals surface area contributed by atoms with Gasteiger partial charge in [-0.25, -0.2) is 9.37 Å². The molecule has 0 unspecified atom stereocenters. The molecule has 0 N–H and O–H groups in total. The standard InChI is InChI=1S/C22H14ClFN2O2S/c23-17-6-2-4-8-19(17)26-21(28)16-5-1-3-7-18(16)25-22(26)29-13-20(27)14-9-11-15(24)12-10-14/h1-12H,13H2. The van der Waals surface area contributed by atoms with E-state index < -0.39 is 5.82 Å². The van der Waals surface area contributed by atoms with Crippen LogP contribution in [0.5, 0.6) is 0 Å². The molecule has 7 heteroatoms. The average molecular weight is 425 g/mol. The van der Waals surface area contributed by atoms with Crippen LogP contribution in [0.4, 0.5) is 4.39 Å². The molecule has 0 atom stereocenters. The number of benzene rings is 3. The van der Waals surface area contributed by atoms with Crippen molar-refractivity contribution in [2.75, 3.05) is 5.75 Å². The van der Waals surface area contributed by atoms with Crippen molar-refractivity contribution >= 4 is 40.0 Å². The van der Waals surface area contributed by atoms with Gasteiger partial charge in [0.25, 0.3) is 5.56 Å². The third-order valence-electron chi connectivity index (χ3n) is 4.34. The first kappa shape index (κ1) is 19.4. The quantitative estimate of drug-likeness (QED) is 0.252. The lowest BCUT2D eigenvalue weighted by molar-refractivity contribution is 0.102. The third-order valence-corrected chi connectivity index (χ3v) is 5.60. The van der Waals surface area contributed by atoms with Crippen molar-refractivity contribution in [3.63, 3.8) is 0 Å². The maximum absolute atomic E-state index is 13.2. The summed E-state index contributed by atoms with van der Waals surface area (Å²) in [6.07, 6.45) is 0. The highest BCUT2D eigenvalue weighted by molar-refractivity contribution is 7.99. The number of ketones is 1. The molecular weight excluding hydrogens is 411 g/mol. The first-order valence-electron chi connectivity index (χ1n) is 8.73. The minimum atomic E-state index is -0.405. The second-order valence-corrected chi connectivity index (χ2v) is 7.57. The van der Waals surface area contributed by atoms with Crippen LogP contribution < -0.4 is 5.56 Å². The fourth-order valence-corrected chi connectivity index (χ4v) is 4.02. The SMILES string of the molecule is O=C(CSc1nc2ccccc2c(=O)n1-c1ccccc1Cl)c1ccc(F)cc1. The number of carbonyl (C=O) groups is 1. The Morgan fingerprint density at radius 2 is 1.69 bits per heavy atom. The number of hydrogen-bond acceptors (Lipinski definition) is 4. The molecule has 0 bridgehead atoms. The maximum Gasteiger partial charge on any atom is 0.266 e. The van der Waals surface area contributed by atoms with Crippen molar-refractivity contribution in [3.8, 4) is 5.69 Å². The van der Waals surface area contributed by atoms with Crippen molar-refractivity contribution < 1.29 is 9.18 Å². The highest BCUT2D eigenvalue weighted by Crippen LogP contribution is 2.26. The fourth-order valence-electron chi connectivity index (χ4n) is 2.90. The number of carbonyl (C=O) groups excluding carboxylic acids is 1. The second-order valence-electron chi connectivity index (χ2n) is 6.22. The van der Waals surface area contributed by atoms with Gasteiger partial charge in [-0.05, 0) is 48.5 Å². The van der Waals surface area contributed by atoms with Crippen LogP contribution in [0.15, 0.2) is 82.7 Å². The molecule has 0 aliphatic rings. The van der Waals surface area contributed by atoms with Crippen LogP contribution in [-0.2, 0) is 0 Å². The number of Topliss-reactive ketones (excluding diaryl/α,β-unsaturated/α-hetero) is 1. The molecule has 29 heavy (non-hydrogen) atoms. The highest BCUT2D eigenvalue weighted by atomic mass is 35.5. The minimum absolute atomic E-state index is 0.0425. The summed E-state index contributed by atoms with van der Waals surface area (Å²) in [5, 5.41) is 1.22. The van der Waals surface area contributed by atoms with E-state index in [1.54, 1.807) is 48.5 Å². The van der Waals surface area contributed by atoms with Gasteiger partial charge < -0.3 is 0 Å². The zero-order chi connectivity index (χ0) is 20.4. The molecule has 4 nitrogen and oxygen atoms in total. The zero-order valence-electron chi connectivity index (χ0n) is 15.0. The lowest BCUT2D eigenvalue weighted by Crippen LogP contribution is -2.22. The molecule has 0 spiro atoms. The van der Waals surface area contributed by atoms with Crippen molar-refractivity contribution in [3.05, 3.63) is 99.6 Å². The molecule has 0 aliphatic heterocycles. The van der Waals surface area contributed by atoms with Gasteiger partial charge in [-0.3, -0.25) is 14.2 Å². The van der Waals surface area contributed by atoms with E-state index in [0.29, 0.717) is 32.3 Å². The van der Waals surface area contributed by atoms with Crippen molar-refractivity contribution in [1.82, 2.24) is 9.55 Å². The van der Waals surface area contributed by atoms with Crippen LogP contribution in [0.2, 0.25) is 5.02 Å². The molecule has 0 saturated carbocycles. The molecule has 0 fully saturated rings. The van der Waals surface area contributed by atoms with E-state index in [1.807, 2.05) is 0 Å². The van der Waals surface area contributed by atoms with Gasteiger partial charge in [-0.15, -0.1) is 0 Å². The van der Waals surface area contributed by atoms with E-state index in [0.717, 1.165) is 11.8 Å². The van der Waals surface area contributed by atoms with Crippen molar-refractivity contribution in [2.45, 2.75) is 5.16 Å². The van der Waals surface area contributed by atoms with E-state index in [1.165, 1.54) is 28.8 Å². The predicted octanol–water partition coefficient (Wildman–Crippen LogP) is 5.15. The molecule has 144 valence electrons. The van der Waals surface area contributed by atoms with Gasteiger partial charge in [-0.2, -0.15) is 0 Å². The summed E-state index contributed by atoms with van der Waals surface area (Å²) in [4.78, 5) is 30.3. The maximum atomic E-state index is 13.2. The Kier molecular flexibility index (Phi) is 5.47. The van der Waals surface area contributed by atoms with E-state index in [4.69, 9.17) is 11.6 Å². The van der Waals surface area contributed by atoms with E-state index in [2.05, 4.69) is 4.98 Å². The molecule has 1 heterocycles. The van der Waals surface area contributed by atoms with Gasteiger partial charge in [0, 0.05) is 5.56 Å². The van der Waals surface area contributed by atoms with E-state index >= 15 is 0 Å². The fraction of sp³-hybridized carbons (Fsp3) is 0.0455. The third kappa shape index (κ3) is 3.95. The molecule has 1 aromatic heterocycles. The molecule has 3 aromatic carbocycles. The van der Waals surface area contributed by atoms with Gasteiger partial charge in [0.1, 0.15) is 5.82 Å². The summed E-state index contributed by atoms with van der Waals surface area (Å²) in [5.74, 6) is -0.554. The summed E-state index contributed by atoms with van der Waals surface area (Å²) >= 11 is 7.46. The average Bonchev–Trinajstić information content (AvgIpc) is 2.73. The molecule has 0 amide bonds. The summed E-state index contributed by atoms with van der Waals surface area (Å²) in [7, 11) is 0. The first-order valence-corrected chi connectivity index (χ1v) is 10.1. The van der Waals surface area contributed by atoms with Gasteiger partial charge >= 0.3 is 0 Å². The molecule has 4 aromatic rings. The van der Waals surface area contributed by atoms with Crippen LogP contribution in [-0.4, -0.2) is 21.1 Å². The number of rotatable bonds is 5. The van der Waals surface area contributed by atoms with E-state index in [-0.39, 0.29) is 17.1 Å². The topological polar surface area (TPSA) is 52.0 Å². The molecule has 0 saturated heterocycles. The van der Waals surface area contributed by atoms with Crippen molar-refractivity contribution in [2.24, 2.45) is 0 Å². The normalized spacial score (nSPS) is 11.0. The Labute approximate surface area is 175 Å². The second kappa shape index (κ2) is 8.19. The van der Waals surface area contributed by atoms with Crippen LogP contribution in [0.1, 0.15) is 10.4 Å². The summed E-state index contributed by atoms with van der Waals surface area (Å²) in [6, 6.07) is 19.4. The number of fused-ring (bicyclic) bond motifs is 1. The number of nitrogens with zero attached hydrogens (tertiary/aromatic N) is 2. The van der Waals surface area contributed by atoms with Crippen LogP contribution >= 0.6 is 23.4 Å². The zero-order valence-corrected chi connectivity index (χ0v) is 16.6. The van der Waals surface area contributed by atoms with Gasteiger partial charge in [0.05, 0.1) is 27.4 Å². The summed E-state index contributed by atoms with van der Waals surface area (Å²) < 4.78 is 14.5. The number of hydrogen-bond donors (Lipinski definition) is 0. The van der Waals surface area contributed by atoms with Crippen LogP contribution in [0.25, 0.3) is 16.6 Å². The number of aromatic nitrogens is 2. The number of para-hydroxylation sites is 2. The van der Waals surface area contributed by atoms with Gasteiger partial charge in [0.2, 0.25) is 0 Å². The van der Waals surface area contributed by atoms with Gasteiger partial charge in [0.15, 0.2) is 10.9 Å².